The average molecular weight is 221 g/mol. The lowest BCUT2D eigenvalue weighted by atomic mass is 10.1. The predicted molar refractivity (Wildman–Crippen MR) is 60.3 cm³/mol. The van der Waals surface area contributed by atoms with E-state index in [0.29, 0.717) is 5.56 Å². The minimum atomic E-state index is -0.460. The number of carbonyl (C=O) groups is 2. The fourth-order valence-corrected chi connectivity index (χ4v) is 1.30. The van der Waals surface area contributed by atoms with Crippen LogP contribution in [0.4, 0.5) is 0 Å². The van der Waals surface area contributed by atoms with Crippen molar-refractivity contribution < 1.29 is 14.3 Å². The first kappa shape index (κ1) is 12.2. The maximum Gasteiger partial charge on any atom is 0.325 e. The highest BCUT2D eigenvalue weighted by atomic mass is 16.5. The van der Waals surface area contributed by atoms with Gasteiger partial charge in [-0.05, 0) is 25.5 Å². The van der Waals surface area contributed by atoms with E-state index in [1.54, 1.807) is 6.07 Å². The molecule has 0 saturated carbocycles. The van der Waals surface area contributed by atoms with E-state index >= 15 is 0 Å². The second-order valence-corrected chi connectivity index (χ2v) is 3.58. The maximum atomic E-state index is 11.7. The molecule has 0 spiro atoms. The van der Waals surface area contributed by atoms with E-state index in [2.05, 4.69) is 10.1 Å². The van der Waals surface area contributed by atoms with Crippen LogP contribution in [0.2, 0.25) is 0 Å². The molecular formula is C12H15NO3. The molecule has 1 aromatic rings. The Morgan fingerprint density at radius 1 is 1.31 bits per heavy atom. The number of methoxy groups -OCH3 is 1. The molecule has 1 aromatic carbocycles. The molecule has 1 amide bonds. The number of aryl methyl sites for hydroxylation is 2. The summed E-state index contributed by atoms with van der Waals surface area (Å²) in [6.07, 6.45) is 0. The normalized spacial score (nSPS) is 9.69. The van der Waals surface area contributed by atoms with Crippen LogP contribution in [0.5, 0.6) is 0 Å². The number of amides is 1. The van der Waals surface area contributed by atoms with Crippen molar-refractivity contribution in [2.24, 2.45) is 0 Å². The Hall–Kier alpha value is -1.84. The number of esters is 1. The lowest BCUT2D eigenvalue weighted by molar-refractivity contribution is -0.139. The molecule has 0 bridgehead atoms. The van der Waals surface area contributed by atoms with Gasteiger partial charge >= 0.3 is 5.97 Å². The topological polar surface area (TPSA) is 55.4 Å². The molecule has 1 rings (SSSR count). The van der Waals surface area contributed by atoms with Gasteiger partial charge in [0.2, 0.25) is 0 Å². The smallest absolute Gasteiger partial charge is 0.325 e. The highest BCUT2D eigenvalue weighted by molar-refractivity contribution is 5.97. The summed E-state index contributed by atoms with van der Waals surface area (Å²) in [6.45, 7) is 3.66. The zero-order chi connectivity index (χ0) is 12.1. The minimum Gasteiger partial charge on any atom is -0.468 e. The fraction of sp³-hybridized carbons (Fsp3) is 0.333. The predicted octanol–water partition coefficient (Wildman–Crippen LogP) is 1.21. The van der Waals surface area contributed by atoms with Crippen molar-refractivity contribution in [3.63, 3.8) is 0 Å². The van der Waals surface area contributed by atoms with Crippen LogP contribution in [-0.2, 0) is 9.53 Å². The summed E-state index contributed by atoms with van der Waals surface area (Å²) in [5.74, 6) is -0.717. The SMILES string of the molecule is COC(=O)CNC(=O)c1cc(C)ccc1C. The molecule has 0 radical (unpaired) electrons. The van der Waals surface area contributed by atoms with Crippen molar-refractivity contribution in [2.45, 2.75) is 13.8 Å². The summed E-state index contributed by atoms with van der Waals surface area (Å²) < 4.78 is 4.44. The average Bonchev–Trinajstić information content (AvgIpc) is 2.28. The molecule has 1 N–H and O–H groups in total. The van der Waals surface area contributed by atoms with Gasteiger partial charge in [-0.15, -0.1) is 0 Å². The number of ether oxygens (including phenoxy) is 1. The van der Waals surface area contributed by atoms with E-state index in [4.69, 9.17) is 0 Å². The molecule has 0 aliphatic carbocycles. The molecule has 16 heavy (non-hydrogen) atoms. The third-order valence-corrected chi connectivity index (χ3v) is 2.26. The summed E-state index contributed by atoms with van der Waals surface area (Å²) in [5.41, 5.74) is 2.48. The first-order chi connectivity index (χ1) is 7.54. The van der Waals surface area contributed by atoms with Crippen molar-refractivity contribution in [1.82, 2.24) is 5.32 Å². The largest absolute Gasteiger partial charge is 0.468 e. The highest BCUT2D eigenvalue weighted by Gasteiger charge is 2.10. The number of rotatable bonds is 3. The third kappa shape index (κ3) is 3.08. The fourth-order valence-electron chi connectivity index (χ4n) is 1.30. The monoisotopic (exact) mass is 221 g/mol. The Morgan fingerprint density at radius 2 is 2.00 bits per heavy atom. The summed E-state index contributed by atoms with van der Waals surface area (Å²) in [5, 5.41) is 2.50. The minimum absolute atomic E-state index is 0.108. The van der Waals surface area contributed by atoms with Crippen LogP contribution < -0.4 is 5.32 Å². The number of hydrogen-bond donors (Lipinski definition) is 1. The van der Waals surface area contributed by atoms with E-state index in [1.165, 1.54) is 7.11 Å². The number of benzene rings is 1. The first-order valence-electron chi connectivity index (χ1n) is 4.97. The van der Waals surface area contributed by atoms with Gasteiger partial charge < -0.3 is 10.1 Å². The maximum absolute atomic E-state index is 11.7. The van der Waals surface area contributed by atoms with E-state index in [9.17, 15) is 9.59 Å². The van der Waals surface area contributed by atoms with Crippen molar-refractivity contribution >= 4 is 11.9 Å². The lowest BCUT2D eigenvalue weighted by Gasteiger charge is -2.07. The molecule has 0 aliphatic rings. The second kappa shape index (κ2) is 5.30. The molecule has 0 heterocycles. The van der Waals surface area contributed by atoms with Crippen LogP contribution >= 0.6 is 0 Å². The Labute approximate surface area is 94.6 Å². The molecule has 0 aromatic heterocycles. The zero-order valence-electron chi connectivity index (χ0n) is 9.66. The summed E-state index contributed by atoms with van der Waals surface area (Å²) in [7, 11) is 1.28. The summed E-state index contributed by atoms with van der Waals surface area (Å²) in [4.78, 5) is 22.6. The highest BCUT2D eigenvalue weighted by Crippen LogP contribution is 2.10. The van der Waals surface area contributed by atoms with Crippen LogP contribution in [0.1, 0.15) is 21.5 Å². The Kier molecular flexibility index (Phi) is 4.05. The molecule has 0 aliphatic heterocycles. The van der Waals surface area contributed by atoms with Gasteiger partial charge in [-0.3, -0.25) is 9.59 Å². The van der Waals surface area contributed by atoms with E-state index < -0.39 is 5.97 Å². The zero-order valence-corrected chi connectivity index (χ0v) is 9.66. The summed E-state index contributed by atoms with van der Waals surface area (Å²) >= 11 is 0. The van der Waals surface area contributed by atoms with E-state index in [1.807, 2.05) is 26.0 Å². The van der Waals surface area contributed by atoms with Crippen molar-refractivity contribution in [3.8, 4) is 0 Å². The molecule has 0 fully saturated rings. The molecule has 0 unspecified atom stereocenters. The molecule has 4 nitrogen and oxygen atoms in total. The third-order valence-electron chi connectivity index (χ3n) is 2.26. The van der Waals surface area contributed by atoms with E-state index in [-0.39, 0.29) is 12.5 Å². The molecule has 0 saturated heterocycles. The van der Waals surface area contributed by atoms with Gasteiger partial charge in [0.1, 0.15) is 6.54 Å². The number of hydrogen-bond acceptors (Lipinski definition) is 3. The van der Waals surface area contributed by atoms with E-state index in [0.717, 1.165) is 11.1 Å². The second-order valence-electron chi connectivity index (χ2n) is 3.58. The van der Waals surface area contributed by atoms with Gasteiger partial charge in [-0.25, -0.2) is 0 Å². The molecular weight excluding hydrogens is 206 g/mol. The van der Waals surface area contributed by atoms with Crippen LogP contribution in [0.3, 0.4) is 0 Å². The molecule has 4 heteroatoms. The lowest BCUT2D eigenvalue weighted by Crippen LogP contribution is -2.30. The van der Waals surface area contributed by atoms with Gasteiger partial charge in [0, 0.05) is 5.56 Å². The van der Waals surface area contributed by atoms with Crippen molar-refractivity contribution in [3.05, 3.63) is 34.9 Å². The number of nitrogens with one attached hydrogen (secondary N) is 1. The summed E-state index contributed by atoms with van der Waals surface area (Å²) in [6, 6.07) is 5.61. The van der Waals surface area contributed by atoms with Crippen molar-refractivity contribution in [1.29, 1.82) is 0 Å². The van der Waals surface area contributed by atoms with Crippen molar-refractivity contribution in [2.75, 3.05) is 13.7 Å². The van der Waals surface area contributed by atoms with Crippen LogP contribution in [-0.4, -0.2) is 25.5 Å². The first-order valence-corrected chi connectivity index (χ1v) is 4.97. The van der Waals surface area contributed by atoms with Crippen LogP contribution in [0.25, 0.3) is 0 Å². The van der Waals surface area contributed by atoms with Crippen LogP contribution in [0.15, 0.2) is 18.2 Å². The Morgan fingerprint density at radius 3 is 2.62 bits per heavy atom. The van der Waals surface area contributed by atoms with Gasteiger partial charge in [0.05, 0.1) is 7.11 Å². The quantitative estimate of drug-likeness (QED) is 0.780. The molecule has 0 atom stereocenters. The molecule has 86 valence electrons. The van der Waals surface area contributed by atoms with Crippen LogP contribution in [0, 0.1) is 13.8 Å². The van der Waals surface area contributed by atoms with Gasteiger partial charge in [0.15, 0.2) is 0 Å². The number of carbonyl (C=O) groups excluding carboxylic acids is 2. The Bertz CT molecular complexity index is 413. The Balaban J connectivity index is 2.73. The van der Waals surface area contributed by atoms with Gasteiger partial charge in [-0.1, -0.05) is 17.7 Å². The standard InChI is InChI=1S/C12H15NO3/c1-8-4-5-9(2)10(6-8)12(15)13-7-11(14)16-3/h4-6H,7H2,1-3H3,(H,13,15). The van der Waals surface area contributed by atoms with Gasteiger partial charge in [-0.2, -0.15) is 0 Å². The van der Waals surface area contributed by atoms with Gasteiger partial charge in [0.25, 0.3) is 5.91 Å².